The minimum Gasteiger partial charge on any atom is -0.369 e. The summed E-state index contributed by atoms with van der Waals surface area (Å²) >= 11 is 0. The Morgan fingerprint density at radius 3 is 2.42 bits per heavy atom. The maximum absolute atomic E-state index is 9.24. The zero-order valence-corrected chi connectivity index (χ0v) is 17.9. The summed E-state index contributed by atoms with van der Waals surface area (Å²) in [6.45, 7) is 7.24. The van der Waals surface area contributed by atoms with Crippen molar-refractivity contribution in [3.8, 4) is 17.9 Å². The molecule has 160 valence electrons. The van der Waals surface area contributed by atoms with Crippen molar-refractivity contribution in [1.29, 1.82) is 5.26 Å². The van der Waals surface area contributed by atoms with Crippen LogP contribution in [0.3, 0.4) is 0 Å². The molecule has 6 heteroatoms. The number of piperazine rings is 1. The van der Waals surface area contributed by atoms with Gasteiger partial charge < -0.3 is 14.5 Å². The van der Waals surface area contributed by atoms with E-state index in [1.54, 1.807) is 6.20 Å². The Morgan fingerprint density at radius 1 is 0.903 bits per heavy atom. The maximum atomic E-state index is 9.24. The van der Waals surface area contributed by atoms with Gasteiger partial charge in [0.2, 0.25) is 0 Å². The Hall–Kier alpha value is -3.06. The third-order valence-corrected chi connectivity index (χ3v) is 5.99. The van der Waals surface area contributed by atoms with Crippen molar-refractivity contribution in [1.82, 2.24) is 9.88 Å². The Morgan fingerprint density at radius 2 is 1.68 bits per heavy atom. The van der Waals surface area contributed by atoms with Crippen LogP contribution in [-0.4, -0.2) is 68.4 Å². The van der Waals surface area contributed by atoms with Gasteiger partial charge in [-0.3, -0.25) is 4.90 Å². The number of nitriles is 1. The minimum atomic E-state index is 0.238. The number of aromatic nitrogens is 1. The first-order valence-electron chi connectivity index (χ1n) is 11.0. The monoisotopic (exact) mass is 415 g/mol. The fraction of sp³-hybridized carbons (Fsp3) is 0.440. The summed E-state index contributed by atoms with van der Waals surface area (Å²) in [5, 5.41) is 9.24. The van der Waals surface area contributed by atoms with E-state index in [1.165, 1.54) is 5.69 Å². The molecule has 0 saturated carbocycles. The first kappa shape index (κ1) is 21.2. The molecule has 31 heavy (non-hydrogen) atoms. The van der Waals surface area contributed by atoms with Crippen LogP contribution >= 0.6 is 0 Å². The topological polar surface area (TPSA) is 55.6 Å². The van der Waals surface area contributed by atoms with Crippen LogP contribution in [0.5, 0.6) is 0 Å². The number of hydrogen-bond donors (Lipinski definition) is 0. The normalized spacial score (nSPS) is 17.6. The maximum Gasteiger partial charge on any atom is 0.163 e. The van der Waals surface area contributed by atoms with Crippen LogP contribution in [0, 0.1) is 23.2 Å². The summed E-state index contributed by atoms with van der Waals surface area (Å²) in [4.78, 5) is 11.2. The van der Waals surface area contributed by atoms with Crippen LogP contribution < -0.4 is 9.80 Å². The molecule has 1 aromatic heterocycles. The SMILES string of the molecule is N#Cc1ncccc1N1CCC(OCC#CCN2CCN(c3ccccc3)CC2)CC1. The summed E-state index contributed by atoms with van der Waals surface area (Å²) in [7, 11) is 0. The molecule has 0 bridgehead atoms. The predicted molar refractivity (Wildman–Crippen MR) is 123 cm³/mol. The molecule has 0 atom stereocenters. The molecule has 1 aromatic carbocycles. The van der Waals surface area contributed by atoms with Gasteiger partial charge in [-0.2, -0.15) is 5.26 Å². The van der Waals surface area contributed by atoms with E-state index in [-0.39, 0.29) is 6.10 Å². The van der Waals surface area contributed by atoms with Crippen molar-refractivity contribution in [3.63, 3.8) is 0 Å². The zero-order chi connectivity index (χ0) is 21.3. The van der Waals surface area contributed by atoms with Gasteiger partial charge in [0.05, 0.1) is 18.3 Å². The first-order valence-corrected chi connectivity index (χ1v) is 11.0. The smallest absolute Gasteiger partial charge is 0.163 e. The van der Waals surface area contributed by atoms with Crippen molar-refractivity contribution in [2.45, 2.75) is 18.9 Å². The van der Waals surface area contributed by atoms with Crippen LogP contribution in [0.1, 0.15) is 18.5 Å². The summed E-state index contributed by atoms with van der Waals surface area (Å²) in [6, 6.07) is 16.6. The lowest BCUT2D eigenvalue weighted by atomic mass is 10.1. The van der Waals surface area contributed by atoms with E-state index in [9.17, 15) is 5.26 Å². The van der Waals surface area contributed by atoms with Gasteiger partial charge in [-0.15, -0.1) is 0 Å². The molecule has 0 unspecified atom stereocenters. The second kappa shape index (κ2) is 10.8. The molecular weight excluding hydrogens is 386 g/mol. The highest BCUT2D eigenvalue weighted by Gasteiger charge is 2.21. The number of piperidine rings is 1. The van der Waals surface area contributed by atoms with Crippen molar-refractivity contribution in [2.75, 3.05) is 62.2 Å². The minimum absolute atomic E-state index is 0.238. The van der Waals surface area contributed by atoms with Gasteiger partial charge in [-0.25, -0.2) is 4.98 Å². The van der Waals surface area contributed by atoms with E-state index in [0.717, 1.165) is 64.3 Å². The van der Waals surface area contributed by atoms with Crippen LogP contribution in [0.4, 0.5) is 11.4 Å². The van der Waals surface area contributed by atoms with Crippen molar-refractivity contribution in [2.24, 2.45) is 0 Å². The lowest BCUT2D eigenvalue weighted by Gasteiger charge is -2.35. The van der Waals surface area contributed by atoms with Crippen LogP contribution in [-0.2, 0) is 4.74 Å². The summed E-state index contributed by atoms with van der Waals surface area (Å²) in [6.07, 6.45) is 3.80. The van der Waals surface area contributed by atoms with E-state index >= 15 is 0 Å². The standard InChI is InChI=1S/C25H29N5O/c26-21-24-25(9-6-12-27-24)30-14-10-23(11-15-30)31-20-5-4-13-28-16-18-29(19-17-28)22-7-2-1-3-8-22/h1-3,6-9,12,23H,10-11,13-20H2. The molecule has 2 fully saturated rings. The van der Waals surface area contributed by atoms with Crippen LogP contribution in [0.25, 0.3) is 0 Å². The number of pyridine rings is 1. The molecule has 3 heterocycles. The van der Waals surface area contributed by atoms with Gasteiger partial charge in [0.15, 0.2) is 5.69 Å². The average Bonchev–Trinajstić information content (AvgIpc) is 2.85. The number of rotatable bonds is 5. The quantitative estimate of drug-likeness (QED) is 0.700. The fourth-order valence-corrected chi connectivity index (χ4v) is 4.18. The highest BCUT2D eigenvalue weighted by Crippen LogP contribution is 2.23. The number of anilines is 2. The Bertz CT molecular complexity index is 930. The Labute approximate surface area is 185 Å². The Balaban J connectivity index is 1.13. The number of hydrogen-bond acceptors (Lipinski definition) is 6. The van der Waals surface area contributed by atoms with Gasteiger partial charge >= 0.3 is 0 Å². The summed E-state index contributed by atoms with van der Waals surface area (Å²) in [5.41, 5.74) is 2.73. The van der Waals surface area contributed by atoms with Crippen LogP contribution in [0.2, 0.25) is 0 Å². The third-order valence-electron chi connectivity index (χ3n) is 5.99. The molecule has 2 saturated heterocycles. The van der Waals surface area contributed by atoms with Gasteiger partial charge in [0, 0.05) is 51.2 Å². The molecule has 0 aliphatic carbocycles. The average molecular weight is 416 g/mol. The van der Waals surface area contributed by atoms with Crippen molar-refractivity contribution < 1.29 is 4.74 Å². The molecular formula is C25H29N5O. The summed E-state index contributed by atoms with van der Waals surface area (Å²) < 4.78 is 5.98. The molecule has 0 spiro atoms. The second-order valence-corrected chi connectivity index (χ2v) is 7.93. The van der Waals surface area contributed by atoms with E-state index < -0.39 is 0 Å². The van der Waals surface area contributed by atoms with E-state index in [1.807, 2.05) is 12.1 Å². The number of benzene rings is 1. The largest absolute Gasteiger partial charge is 0.369 e. The van der Waals surface area contributed by atoms with Crippen molar-refractivity contribution >= 4 is 11.4 Å². The van der Waals surface area contributed by atoms with E-state index in [4.69, 9.17) is 4.74 Å². The fourth-order valence-electron chi connectivity index (χ4n) is 4.18. The van der Waals surface area contributed by atoms with Gasteiger partial charge in [0.1, 0.15) is 12.7 Å². The molecule has 0 N–H and O–H groups in total. The molecule has 0 amide bonds. The lowest BCUT2D eigenvalue weighted by molar-refractivity contribution is 0.0594. The van der Waals surface area contributed by atoms with Gasteiger partial charge in [0.25, 0.3) is 0 Å². The van der Waals surface area contributed by atoms with Gasteiger partial charge in [-0.05, 0) is 37.1 Å². The lowest BCUT2D eigenvalue weighted by Crippen LogP contribution is -2.46. The first-order chi connectivity index (χ1) is 15.3. The molecule has 4 rings (SSSR count). The van der Waals surface area contributed by atoms with Crippen molar-refractivity contribution in [3.05, 3.63) is 54.4 Å². The molecule has 0 radical (unpaired) electrons. The van der Waals surface area contributed by atoms with E-state index in [2.05, 4.69) is 67.9 Å². The number of nitrogens with zero attached hydrogens (tertiary/aromatic N) is 5. The third kappa shape index (κ3) is 5.76. The second-order valence-electron chi connectivity index (χ2n) is 7.93. The van der Waals surface area contributed by atoms with Crippen LogP contribution in [0.15, 0.2) is 48.7 Å². The van der Waals surface area contributed by atoms with E-state index in [0.29, 0.717) is 12.3 Å². The number of para-hydroxylation sites is 1. The molecule has 2 aromatic rings. The van der Waals surface area contributed by atoms with Gasteiger partial charge in [-0.1, -0.05) is 30.0 Å². The summed E-state index contributed by atoms with van der Waals surface area (Å²) in [5.74, 6) is 6.47. The Kier molecular flexibility index (Phi) is 7.39. The zero-order valence-electron chi connectivity index (χ0n) is 17.9. The molecule has 2 aliphatic heterocycles. The molecule has 6 nitrogen and oxygen atoms in total. The number of ether oxygens (including phenoxy) is 1. The predicted octanol–water partition coefficient (Wildman–Crippen LogP) is 2.76. The molecule has 2 aliphatic rings. The highest BCUT2D eigenvalue weighted by atomic mass is 16.5. The highest BCUT2D eigenvalue weighted by molar-refractivity contribution is 5.55.